The van der Waals surface area contributed by atoms with Crippen molar-refractivity contribution in [2.24, 2.45) is 0 Å². The number of piperazine rings is 1. The maximum atomic E-state index is 15.6. The minimum absolute atomic E-state index is 0.0310. The molecular formula is C38H43F2N5O6. The molecule has 3 saturated heterocycles. The van der Waals surface area contributed by atoms with Gasteiger partial charge in [0.1, 0.15) is 48.1 Å². The highest BCUT2D eigenvalue weighted by Gasteiger charge is 2.49. The van der Waals surface area contributed by atoms with Crippen LogP contribution in [0.1, 0.15) is 40.0 Å². The Bertz CT molecular complexity index is 1990. The number of ether oxygens (including phenoxy) is 5. The summed E-state index contributed by atoms with van der Waals surface area (Å²) in [5.41, 5.74) is 0.804. The largest absolute Gasteiger partial charge is 0.490 e. The smallest absolute Gasteiger partial charge is 0.410 e. The van der Waals surface area contributed by atoms with Crippen molar-refractivity contribution < 1.29 is 37.3 Å². The number of benzene rings is 3. The van der Waals surface area contributed by atoms with Crippen molar-refractivity contribution in [3.8, 4) is 28.6 Å². The zero-order chi connectivity index (χ0) is 35.5. The highest BCUT2D eigenvalue weighted by molar-refractivity contribution is 6.03. The molecule has 0 bridgehead atoms. The molecule has 0 N–H and O–H groups in total. The molecule has 3 aromatic carbocycles. The Morgan fingerprint density at radius 2 is 1.92 bits per heavy atom. The Balaban J connectivity index is 1.23. The number of hydrogen-bond acceptors (Lipinski definition) is 10. The fourth-order valence-corrected chi connectivity index (χ4v) is 8.13. The monoisotopic (exact) mass is 703 g/mol. The lowest BCUT2D eigenvalue weighted by Crippen LogP contribution is -2.57. The SMILES string of the molecule is COCOc1cc(-c2cc3c4c(nc(OC[C@@]56CCCN5C[C@H](F)C6)nc4c2)N2CCN(C(=O)OC(C)(C)C)CC2CO3)c2c(F)cccc2c1. The van der Waals surface area contributed by atoms with Gasteiger partial charge < -0.3 is 33.5 Å². The molecule has 1 unspecified atom stereocenters. The van der Waals surface area contributed by atoms with E-state index >= 15 is 4.39 Å². The van der Waals surface area contributed by atoms with Crippen LogP contribution in [-0.2, 0) is 9.47 Å². The molecule has 3 atom stereocenters. The van der Waals surface area contributed by atoms with Crippen molar-refractivity contribution >= 4 is 33.6 Å². The third kappa shape index (κ3) is 6.35. The van der Waals surface area contributed by atoms with E-state index in [0.29, 0.717) is 82.7 Å². The van der Waals surface area contributed by atoms with Crippen molar-refractivity contribution in [2.75, 3.05) is 64.7 Å². The van der Waals surface area contributed by atoms with Crippen LogP contribution in [0.25, 0.3) is 32.8 Å². The summed E-state index contributed by atoms with van der Waals surface area (Å²) in [5.74, 6) is 1.31. The lowest BCUT2D eigenvalue weighted by molar-refractivity contribution is 0.0202. The molecule has 0 saturated carbocycles. The molecule has 0 radical (unpaired) electrons. The molecule has 11 nitrogen and oxygen atoms in total. The van der Waals surface area contributed by atoms with Gasteiger partial charge in [0.25, 0.3) is 0 Å². The number of rotatable bonds is 7. The zero-order valence-electron chi connectivity index (χ0n) is 29.4. The van der Waals surface area contributed by atoms with Crippen molar-refractivity contribution in [1.82, 2.24) is 19.8 Å². The number of methoxy groups -OCH3 is 1. The molecule has 1 amide bonds. The quantitative estimate of drug-likeness (QED) is 0.203. The van der Waals surface area contributed by atoms with E-state index in [-0.39, 0.29) is 49.5 Å². The summed E-state index contributed by atoms with van der Waals surface area (Å²) in [6, 6.07) is 12.2. The van der Waals surface area contributed by atoms with Gasteiger partial charge in [-0.3, -0.25) is 4.90 Å². The Labute approximate surface area is 295 Å². The van der Waals surface area contributed by atoms with Crippen LogP contribution in [0.2, 0.25) is 0 Å². The fraction of sp³-hybridized carbons (Fsp3) is 0.500. The normalized spacial score (nSPS) is 23.2. The Hall–Kier alpha value is -4.49. The predicted octanol–water partition coefficient (Wildman–Crippen LogP) is 6.35. The van der Waals surface area contributed by atoms with E-state index in [1.54, 1.807) is 30.2 Å². The van der Waals surface area contributed by atoms with Gasteiger partial charge in [0.15, 0.2) is 6.79 Å². The second-order valence-electron chi connectivity index (χ2n) is 15.0. The Morgan fingerprint density at radius 3 is 2.75 bits per heavy atom. The van der Waals surface area contributed by atoms with Crippen LogP contribution >= 0.6 is 0 Å². The molecule has 3 fully saturated rings. The van der Waals surface area contributed by atoms with E-state index in [4.69, 9.17) is 33.7 Å². The number of alkyl halides is 1. The lowest BCUT2D eigenvalue weighted by atomic mass is 9.95. The second-order valence-corrected chi connectivity index (χ2v) is 15.0. The number of nitrogens with zero attached hydrogens (tertiary/aromatic N) is 5. The molecule has 270 valence electrons. The maximum Gasteiger partial charge on any atom is 0.410 e. The molecule has 0 aliphatic carbocycles. The molecule has 51 heavy (non-hydrogen) atoms. The minimum atomic E-state index is -0.890. The van der Waals surface area contributed by atoms with Gasteiger partial charge >= 0.3 is 12.1 Å². The molecular weight excluding hydrogens is 660 g/mol. The first-order chi connectivity index (χ1) is 24.5. The van der Waals surface area contributed by atoms with Gasteiger partial charge in [-0.1, -0.05) is 12.1 Å². The van der Waals surface area contributed by atoms with Crippen molar-refractivity contribution in [3.05, 3.63) is 48.3 Å². The number of amides is 1. The summed E-state index contributed by atoms with van der Waals surface area (Å²) in [6.45, 7) is 8.64. The van der Waals surface area contributed by atoms with Crippen molar-refractivity contribution in [3.63, 3.8) is 0 Å². The second kappa shape index (κ2) is 12.9. The fourth-order valence-electron chi connectivity index (χ4n) is 8.13. The highest BCUT2D eigenvalue weighted by Crippen LogP contribution is 2.44. The number of aromatic nitrogens is 2. The zero-order valence-corrected chi connectivity index (χ0v) is 29.4. The van der Waals surface area contributed by atoms with Gasteiger partial charge in [-0.05, 0) is 87.0 Å². The topological polar surface area (TPSA) is 98.7 Å². The van der Waals surface area contributed by atoms with E-state index in [1.165, 1.54) is 6.07 Å². The van der Waals surface area contributed by atoms with E-state index in [9.17, 15) is 9.18 Å². The van der Waals surface area contributed by atoms with Gasteiger partial charge in [0, 0.05) is 45.1 Å². The van der Waals surface area contributed by atoms with Crippen LogP contribution in [0.4, 0.5) is 19.4 Å². The maximum absolute atomic E-state index is 15.6. The Morgan fingerprint density at radius 1 is 1.06 bits per heavy atom. The van der Waals surface area contributed by atoms with Gasteiger partial charge in [-0.25, -0.2) is 13.6 Å². The van der Waals surface area contributed by atoms with Gasteiger partial charge in [0.2, 0.25) is 0 Å². The van der Waals surface area contributed by atoms with Crippen LogP contribution in [-0.4, -0.2) is 109 Å². The summed E-state index contributed by atoms with van der Waals surface area (Å²) in [7, 11) is 1.54. The van der Waals surface area contributed by atoms with Crippen LogP contribution < -0.4 is 19.1 Å². The first-order valence-corrected chi connectivity index (χ1v) is 17.6. The molecule has 0 spiro atoms. The van der Waals surface area contributed by atoms with Crippen molar-refractivity contribution in [2.45, 2.75) is 63.4 Å². The van der Waals surface area contributed by atoms with Crippen molar-refractivity contribution in [1.29, 1.82) is 0 Å². The van der Waals surface area contributed by atoms with Crippen LogP contribution in [0.5, 0.6) is 17.5 Å². The van der Waals surface area contributed by atoms with Gasteiger partial charge in [-0.2, -0.15) is 9.97 Å². The summed E-state index contributed by atoms with van der Waals surface area (Å²) in [5, 5.41) is 1.79. The molecule has 8 rings (SSSR count). The molecule has 5 heterocycles. The van der Waals surface area contributed by atoms with E-state index in [0.717, 1.165) is 19.4 Å². The van der Waals surface area contributed by atoms with Gasteiger partial charge in [0.05, 0.1) is 22.5 Å². The standard InChI is InChI=1S/C38H43F2N5O6/c1-37(2,3)51-36(46)43-11-12-45-26(19-43)20-48-31-15-24(28-16-27(50-22-47-4)13-23-7-5-8-29(40)32(23)28)14-30-33(31)34(45)42-35(41-30)49-21-38-9-6-10-44(38)18-25(39)17-38/h5,7-8,13-16,25-26H,6,9-12,17-22H2,1-4H3/t25-,26?,38+/m1/s1. The Kier molecular flexibility index (Phi) is 8.53. The first kappa shape index (κ1) is 33.6. The molecule has 4 aliphatic rings. The number of hydrogen-bond donors (Lipinski definition) is 0. The average molecular weight is 704 g/mol. The summed E-state index contributed by atoms with van der Waals surface area (Å²) in [4.78, 5) is 29.1. The third-order valence-electron chi connectivity index (χ3n) is 10.3. The highest BCUT2D eigenvalue weighted by atomic mass is 19.1. The van der Waals surface area contributed by atoms with Crippen LogP contribution in [0, 0.1) is 5.82 Å². The summed E-state index contributed by atoms with van der Waals surface area (Å²) in [6.07, 6.45) is 0.996. The number of anilines is 1. The first-order valence-electron chi connectivity index (χ1n) is 17.6. The number of fused-ring (bicyclic) bond motifs is 4. The minimum Gasteiger partial charge on any atom is -0.490 e. The lowest BCUT2D eigenvalue weighted by Gasteiger charge is -2.41. The average Bonchev–Trinajstić information content (AvgIpc) is 3.57. The molecule has 4 aromatic rings. The summed E-state index contributed by atoms with van der Waals surface area (Å²) >= 11 is 0. The predicted molar refractivity (Wildman–Crippen MR) is 188 cm³/mol. The van der Waals surface area contributed by atoms with Crippen LogP contribution in [0.3, 0.4) is 0 Å². The van der Waals surface area contributed by atoms with Gasteiger partial charge in [-0.15, -0.1) is 0 Å². The number of halogens is 2. The van der Waals surface area contributed by atoms with Crippen LogP contribution in [0.15, 0.2) is 42.5 Å². The molecule has 1 aromatic heterocycles. The summed E-state index contributed by atoms with van der Waals surface area (Å²) < 4.78 is 59.8. The van der Waals surface area contributed by atoms with E-state index < -0.39 is 11.8 Å². The third-order valence-corrected chi connectivity index (χ3v) is 10.3. The number of carbonyl (C=O) groups excluding carboxylic acids is 1. The molecule has 13 heteroatoms. The van der Waals surface area contributed by atoms with E-state index in [1.807, 2.05) is 39.0 Å². The molecule has 4 aliphatic heterocycles. The van der Waals surface area contributed by atoms with E-state index in [2.05, 4.69) is 9.80 Å². The number of carbonyl (C=O) groups is 1.